The third-order valence-corrected chi connectivity index (χ3v) is 5.97. The van der Waals surface area contributed by atoms with Crippen molar-refractivity contribution in [1.82, 2.24) is 0 Å². The van der Waals surface area contributed by atoms with Gasteiger partial charge in [-0.05, 0) is 38.7 Å². The second kappa shape index (κ2) is 9.15. The van der Waals surface area contributed by atoms with Crippen LogP contribution in [-0.2, 0) is 9.53 Å². The number of anilines is 1. The Morgan fingerprint density at radius 1 is 1.26 bits per heavy atom. The second-order valence-corrected chi connectivity index (χ2v) is 7.85. The maximum atomic E-state index is 12.6. The topological polar surface area (TPSA) is 59.8 Å². The fourth-order valence-electron chi connectivity index (χ4n) is 3.58. The number of esters is 1. The Kier molecular flexibility index (Phi) is 6.63. The van der Waals surface area contributed by atoms with Crippen LogP contribution >= 0.6 is 11.3 Å². The van der Waals surface area contributed by atoms with Crippen molar-refractivity contribution in [1.29, 1.82) is 0 Å². The number of hydrogen-bond acceptors (Lipinski definition) is 4. The molecule has 144 valence electrons. The molecule has 2 N–H and O–H groups in total. The van der Waals surface area contributed by atoms with Gasteiger partial charge < -0.3 is 15.0 Å². The summed E-state index contributed by atoms with van der Waals surface area (Å²) in [5, 5.41) is 5.45. The average molecular weight is 388 g/mol. The zero-order valence-corrected chi connectivity index (χ0v) is 16.7. The maximum absolute atomic E-state index is 12.6. The Labute approximate surface area is 164 Å². The summed E-state index contributed by atoms with van der Waals surface area (Å²) in [6, 6.07) is 10.2. The smallest absolute Gasteiger partial charge is 0.341 e. The average Bonchev–Trinajstić information content (AvgIpc) is 3.08. The van der Waals surface area contributed by atoms with E-state index in [2.05, 4.69) is 12.2 Å². The lowest BCUT2D eigenvalue weighted by Gasteiger charge is -2.29. The number of rotatable bonds is 6. The van der Waals surface area contributed by atoms with Crippen LogP contribution in [0.15, 0.2) is 35.7 Å². The summed E-state index contributed by atoms with van der Waals surface area (Å²) in [5.41, 5.74) is 2.18. The highest BCUT2D eigenvalue weighted by Gasteiger charge is 2.27. The number of ether oxygens (including phenoxy) is 1. The van der Waals surface area contributed by atoms with Crippen molar-refractivity contribution < 1.29 is 19.2 Å². The fraction of sp³-hybridized carbons (Fsp3) is 0.429. The molecule has 2 heterocycles. The standard InChI is InChI=1S/C21H26N2O3S/c1-3-26-21(25)19-17(16-10-5-4-6-11-16)14-27-20(19)22-18(24)13-23-12-8-7-9-15(23)2/h4-6,10-11,14-15H,3,7-9,12-13H2,1-2H3,(H,22,24)/p+1/t15-/m1/s1. The molecule has 1 unspecified atom stereocenters. The minimum atomic E-state index is -0.397. The first-order valence-electron chi connectivity index (χ1n) is 9.58. The molecule has 1 amide bonds. The van der Waals surface area contributed by atoms with E-state index in [1.807, 2.05) is 35.7 Å². The summed E-state index contributed by atoms with van der Waals surface area (Å²) in [5.74, 6) is -0.447. The van der Waals surface area contributed by atoms with Crippen molar-refractivity contribution in [3.8, 4) is 11.1 Å². The van der Waals surface area contributed by atoms with Crippen LogP contribution in [0.2, 0.25) is 0 Å². The van der Waals surface area contributed by atoms with Gasteiger partial charge in [0, 0.05) is 10.9 Å². The molecule has 0 saturated carbocycles. The molecule has 1 aliphatic rings. The quantitative estimate of drug-likeness (QED) is 0.749. The Morgan fingerprint density at radius 2 is 2.04 bits per heavy atom. The molecule has 1 saturated heterocycles. The molecular formula is C21H27N2O3S+. The van der Waals surface area contributed by atoms with Crippen LogP contribution in [-0.4, -0.2) is 37.6 Å². The molecular weight excluding hydrogens is 360 g/mol. The van der Waals surface area contributed by atoms with Crippen molar-refractivity contribution in [2.75, 3.05) is 25.0 Å². The van der Waals surface area contributed by atoms with Gasteiger partial charge in [-0.1, -0.05) is 30.3 Å². The van der Waals surface area contributed by atoms with Crippen molar-refractivity contribution >= 4 is 28.2 Å². The third-order valence-electron chi connectivity index (χ3n) is 5.08. The number of benzene rings is 1. The summed E-state index contributed by atoms with van der Waals surface area (Å²) in [6.45, 7) is 5.74. The van der Waals surface area contributed by atoms with Gasteiger partial charge in [-0.25, -0.2) is 4.79 Å². The SMILES string of the molecule is CCOC(=O)c1c(-c2ccccc2)csc1NC(=O)C[NH+]1CCCC[C@H]1C. The lowest BCUT2D eigenvalue weighted by atomic mass is 10.0. The van der Waals surface area contributed by atoms with Crippen molar-refractivity contribution in [3.63, 3.8) is 0 Å². The number of nitrogens with one attached hydrogen (secondary N) is 2. The minimum absolute atomic E-state index is 0.0502. The minimum Gasteiger partial charge on any atom is -0.462 e. The number of likely N-dealkylation sites (tertiary alicyclic amines) is 1. The predicted molar refractivity (Wildman–Crippen MR) is 108 cm³/mol. The third kappa shape index (κ3) is 4.76. The lowest BCUT2D eigenvalue weighted by molar-refractivity contribution is -0.920. The van der Waals surface area contributed by atoms with Gasteiger partial charge in [-0.2, -0.15) is 0 Å². The van der Waals surface area contributed by atoms with Gasteiger partial charge in [0.15, 0.2) is 6.54 Å². The summed E-state index contributed by atoms with van der Waals surface area (Å²) < 4.78 is 5.25. The molecule has 2 atom stereocenters. The highest BCUT2D eigenvalue weighted by atomic mass is 32.1. The molecule has 1 aliphatic heterocycles. The monoisotopic (exact) mass is 387 g/mol. The van der Waals surface area contributed by atoms with Crippen LogP contribution in [0.4, 0.5) is 5.00 Å². The van der Waals surface area contributed by atoms with Gasteiger partial charge in [0.25, 0.3) is 5.91 Å². The first-order valence-corrected chi connectivity index (χ1v) is 10.5. The number of piperidine rings is 1. The van der Waals surface area contributed by atoms with Crippen LogP contribution in [0.3, 0.4) is 0 Å². The van der Waals surface area contributed by atoms with Crippen LogP contribution in [0.1, 0.15) is 43.5 Å². The van der Waals surface area contributed by atoms with E-state index in [-0.39, 0.29) is 5.91 Å². The predicted octanol–water partition coefficient (Wildman–Crippen LogP) is 2.99. The van der Waals surface area contributed by atoms with E-state index < -0.39 is 5.97 Å². The Hall–Kier alpha value is -2.18. The highest BCUT2D eigenvalue weighted by molar-refractivity contribution is 7.15. The van der Waals surface area contributed by atoms with Crippen molar-refractivity contribution in [2.45, 2.75) is 39.2 Å². The van der Waals surface area contributed by atoms with E-state index in [1.165, 1.54) is 22.7 Å². The number of amides is 1. The van der Waals surface area contributed by atoms with Gasteiger partial charge >= 0.3 is 5.97 Å². The van der Waals surface area contributed by atoms with E-state index in [4.69, 9.17) is 4.74 Å². The molecule has 5 nitrogen and oxygen atoms in total. The van der Waals surface area contributed by atoms with E-state index >= 15 is 0 Å². The summed E-state index contributed by atoms with van der Waals surface area (Å²) in [4.78, 5) is 26.5. The molecule has 3 rings (SSSR count). The largest absolute Gasteiger partial charge is 0.462 e. The zero-order valence-electron chi connectivity index (χ0n) is 15.9. The number of carbonyl (C=O) groups excluding carboxylic acids is 2. The lowest BCUT2D eigenvalue weighted by Crippen LogP contribution is -3.17. The molecule has 0 bridgehead atoms. The number of thiophene rings is 1. The Bertz CT molecular complexity index is 788. The molecule has 0 aliphatic carbocycles. The Morgan fingerprint density at radius 3 is 2.74 bits per heavy atom. The molecule has 1 aromatic carbocycles. The highest BCUT2D eigenvalue weighted by Crippen LogP contribution is 2.36. The molecule has 1 fully saturated rings. The van der Waals surface area contributed by atoms with E-state index in [0.29, 0.717) is 29.8 Å². The van der Waals surface area contributed by atoms with Gasteiger partial charge in [0.1, 0.15) is 10.6 Å². The molecule has 1 aromatic heterocycles. The summed E-state index contributed by atoms with van der Waals surface area (Å²) in [6.07, 6.45) is 3.57. The molecule has 6 heteroatoms. The van der Waals surface area contributed by atoms with Crippen molar-refractivity contribution in [2.24, 2.45) is 0 Å². The number of carbonyl (C=O) groups is 2. The molecule has 0 radical (unpaired) electrons. The van der Waals surface area contributed by atoms with E-state index in [9.17, 15) is 9.59 Å². The Balaban J connectivity index is 1.81. The summed E-state index contributed by atoms with van der Waals surface area (Å²) >= 11 is 1.37. The number of quaternary nitrogens is 1. The first kappa shape index (κ1) is 19.6. The summed E-state index contributed by atoms with van der Waals surface area (Å²) in [7, 11) is 0. The van der Waals surface area contributed by atoms with Crippen LogP contribution in [0.25, 0.3) is 11.1 Å². The van der Waals surface area contributed by atoms with Gasteiger partial charge in [0.05, 0.1) is 19.2 Å². The normalized spacial score (nSPS) is 19.5. The van der Waals surface area contributed by atoms with E-state index in [0.717, 1.165) is 30.5 Å². The van der Waals surface area contributed by atoms with E-state index in [1.54, 1.807) is 6.92 Å². The van der Waals surface area contributed by atoms with Gasteiger partial charge in [-0.15, -0.1) is 11.3 Å². The van der Waals surface area contributed by atoms with Crippen LogP contribution in [0.5, 0.6) is 0 Å². The van der Waals surface area contributed by atoms with Gasteiger partial charge in [-0.3, -0.25) is 4.79 Å². The van der Waals surface area contributed by atoms with Crippen LogP contribution < -0.4 is 10.2 Å². The molecule has 2 aromatic rings. The second-order valence-electron chi connectivity index (χ2n) is 6.97. The van der Waals surface area contributed by atoms with Gasteiger partial charge in [0.2, 0.25) is 0 Å². The van der Waals surface area contributed by atoms with Crippen LogP contribution in [0, 0.1) is 0 Å². The van der Waals surface area contributed by atoms with Crippen molar-refractivity contribution in [3.05, 3.63) is 41.3 Å². The fourth-order valence-corrected chi connectivity index (χ4v) is 4.55. The first-order chi connectivity index (χ1) is 13.1. The zero-order chi connectivity index (χ0) is 19.2. The number of hydrogen-bond donors (Lipinski definition) is 2. The molecule has 27 heavy (non-hydrogen) atoms. The maximum Gasteiger partial charge on any atom is 0.341 e. The molecule has 0 spiro atoms.